The first-order valence-electron chi connectivity index (χ1n) is 8.90. The minimum atomic E-state index is -0.0530. The van der Waals surface area contributed by atoms with E-state index < -0.39 is 0 Å². The third-order valence-electron chi connectivity index (χ3n) is 5.33. The lowest BCUT2D eigenvalue weighted by Crippen LogP contribution is -2.48. The first-order chi connectivity index (χ1) is 10.9. The smallest absolute Gasteiger partial charge is 0.315 e. The van der Waals surface area contributed by atoms with Crippen molar-refractivity contribution in [2.75, 3.05) is 6.54 Å². The predicted molar refractivity (Wildman–Crippen MR) is 89.2 cm³/mol. The molecule has 1 aliphatic heterocycles. The van der Waals surface area contributed by atoms with E-state index >= 15 is 0 Å². The minimum Gasteiger partial charge on any atom is -0.338 e. The number of carbonyl (C=O) groups is 1. The second kappa shape index (κ2) is 6.49. The van der Waals surface area contributed by atoms with Crippen LogP contribution in [0.5, 0.6) is 0 Å². The van der Waals surface area contributed by atoms with E-state index in [9.17, 15) is 4.79 Å². The maximum atomic E-state index is 12.1. The number of hydrogen-bond donors (Lipinski definition) is 2. The molecule has 6 nitrogen and oxygen atoms in total. The lowest BCUT2D eigenvalue weighted by Gasteiger charge is -2.39. The number of urea groups is 1. The molecule has 0 bridgehead atoms. The van der Waals surface area contributed by atoms with Gasteiger partial charge in [-0.2, -0.15) is 0 Å². The van der Waals surface area contributed by atoms with E-state index in [2.05, 4.69) is 46.2 Å². The third kappa shape index (κ3) is 3.85. The van der Waals surface area contributed by atoms with Crippen molar-refractivity contribution in [3.8, 4) is 0 Å². The van der Waals surface area contributed by atoms with Gasteiger partial charge in [0.25, 0.3) is 0 Å². The summed E-state index contributed by atoms with van der Waals surface area (Å²) < 4.78 is 2.19. The van der Waals surface area contributed by atoms with E-state index in [1.54, 1.807) is 0 Å². The minimum absolute atomic E-state index is 0.0530. The van der Waals surface area contributed by atoms with Gasteiger partial charge in [-0.15, -0.1) is 10.2 Å². The van der Waals surface area contributed by atoms with Crippen LogP contribution in [0, 0.1) is 11.3 Å². The molecule has 1 aromatic heterocycles. The second-order valence-electron chi connectivity index (χ2n) is 7.93. The first-order valence-corrected chi connectivity index (χ1v) is 8.90. The Kier molecular flexibility index (Phi) is 4.60. The highest BCUT2D eigenvalue weighted by Gasteiger charge is 2.32. The molecule has 2 amide bonds. The normalized spacial score (nSPS) is 25.9. The highest BCUT2D eigenvalue weighted by atomic mass is 16.2. The summed E-state index contributed by atoms with van der Waals surface area (Å²) in [5.41, 5.74) is 0.405. The molecule has 1 saturated carbocycles. The van der Waals surface area contributed by atoms with Gasteiger partial charge >= 0.3 is 6.03 Å². The summed E-state index contributed by atoms with van der Waals surface area (Å²) in [6.45, 7) is 8.49. The zero-order valence-corrected chi connectivity index (χ0v) is 14.6. The number of aromatic nitrogens is 3. The predicted octanol–water partition coefficient (Wildman–Crippen LogP) is 2.28. The first kappa shape index (κ1) is 16.3. The van der Waals surface area contributed by atoms with E-state index in [1.165, 1.54) is 12.8 Å². The Labute approximate surface area is 138 Å². The van der Waals surface area contributed by atoms with Gasteiger partial charge < -0.3 is 15.2 Å². The lowest BCUT2D eigenvalue weighted by molar-refractivity contribution is 0.149. The van der Waals surface area contributed by atoms with Crippen LogP contribution in [0.2, 0.25) is 0 Å². The van der Waals surface area contributed by atoms with E-state index in [-0.39, 0.29) is 6.03 Å². The van der Waals surface area contributed by atoms with Crippen molar-refractivity contribution in [1.29, 1.82) is 0 Å². The maximum absolute atomic E-state index is 12.1. The zero-order valence-electron chi connectivity index (χ0n) is 14.6. The van der Waals surface area contributed by atoms with Gasteiger partial charge in [0.1, 0.15) is 11.6 Å². The Morgan fingerprint density at radius 3 is 3.00 bits per heavy atom. The number of hydrogen-bond acceptors (Lipinski definition) is 3. The van der Waals surface area contributed by atoms with Gasteiger partial charge in [0, 0.05) is 32.0 Å². The monoisotopic (exact) mass is 319 g/mol. The molecule has 1 aliphatic carbocycles. The maximum Gasteiger partial charge on any atom is 0.315 e. The van der Waals surface area contributed by atoms with Crippen LogP contribution in [0.15, 0.2) is 0 Å². The van der Waals surface area contributed by atoms with Crippen molar-refractivity contribution in [3.63, 3.8) is 0 Å². The summed E-state index contributed by atoms with van der Waals surface area (Å²) in [4.78, 5) is 12.1. The van der Waals surface area contributed by atoms with Gasteiger partial charge in [0.2, 0.25) is 0 Å². The molecule has 0 unspecified atom stereocenters. The number of fused-ring (bicyclic) bond motifs is 1. The van der Waals surface area contributed by atoms with Crippen molar-refractivity contribution in [2.45, 2.75) is 71.9 Å². The number of nitrogens with zero attached hydrogens (tertiary/aromatic N) is 3. The Hall–Kier alpha value is -1.59. The molecule has 1 fully saturated rings. The summed E-state index contributed by atoms with van der Waals surface area (Å²) in [7, 11) is 0. The lowest BCUT2D eigenvalue weighted by atomic mass is 9.70. The molecule has 0 saturated heterocycles. The fourth-order valence-electron chi connectivity index (χ4n) is 4.06. The molecule has 2 heterocycles. The van der Waals surface area contributed by atoms with Crippen molar-refractivity contribution < 1.29 is 4.79 Å². The fraction of sp³-hybridized carbons (Fsp3) is 0.824. The standard InChI is InChI=1S/C17H29N5O/c1-12-11-17(2,3)8-6-13(12)19-16(23)18-9-7-15-21-20-14-5-4-10-22(14)15/h12-13H,4-11H2,1-3H3,(H2,18,19,23)/t12-,13-/m0/s1. The van der Waals surface area contributed by atoms with Crippen molar-refractivity contribution in [3.05, 3.63) is 11.6 Å². The van der Waals surface area contributed by atoms with Crippen LogP contribution in [0.4, 0.5) is 4.79 Å². The summed E-state index contributed by atoms with van der Waals surface area (Å²) in [6, 6.07) is 0.239. The van der Waals surface area contributed by atoms with Gasteiger partial charge in [-0.25, -0.2) is 4.79 Å². The van der Waals surface area contributed by atoms with E-state index in [4.69, 9.17) is 0 Å². The van der Waals surface area contributed by atoms with E-state index in [0.717, 1.165) is 43.9 Å². The van der Waals surface area contributed by atoms with Gasteiger partial charge in [-0.05, 0) is 37.0 Å². The van der Waals surface area contributed by atoms with Gasteiger partial charge in [-0.1, -0.05) is 20.8 Å². The van der Waals surface area contributed by atoms with Crippen LogP contribution < -0.4 is 10.6 Å². The molecule has 1 aromatic rings. The molecule has 2 atom stereocenters. The fourth-order valence-corrected chi connectivity index (χ4v) is 4.06. The summed E-state index contributed by atoms with van der Waals surface area (Å²) in [6.07, 6.45) is 6.34. The molecule has 128 valence electrons. The molecule has 3 rings (SSSR count). The number of nitrogens with one attached hydrogen (secondary N) is 2. The number of rotatable bonds is 4. The molecule has 2 N–H and O–H groups in total. The van der Waals surface area contributed by atoms with Crippen molar-refractivity contribution in [2.24, 2.45) is 11.3 Å². The molecule has 0 spiro atoms. The van der Waals surface area contributed by atoms with Gasteiger partial charge in [0.05, 0.1) is 0 Å². The summed E-state index contributed by atoms with van der Waals surface area (Å²) in [5, 5.41) is 14.5. The second-order valence-corrected chi connectivity index (χ2v) is 7.93. The number of aryl methyl sites for hydroxylation is 1. The molecule has 2 aliphatic rings. The van der Waals surface area contributed by atoms with Crippen LogP contribution in [0.1, 0.15) is 58.1 Å². The zero-order chi connectivity index (χ0) is 16.4. The van der Waals surface area contributed by atoms with Crippen LogP contribution in [0.3, 0.4) is 0 Å². The SMILES string of the molecule is C[C@H]1CC(C)(C)CC[C@@H]1NC(=O)NCCc1nnc2n1CCC2. The molecule has 0 aromatic carbocycles. The highest BCUT2D eigenvalue weighted by molar-refractivity contribution is 5.74. The summed E-state index contributed by atoms with van der Waals surface area (Å²) in [5.74, 6) is 2.61. The van der Waals surface area contributed by atoms with Crippen molar-refractivity contribution in [1.82, 2.24) is 25.4 Å². The van der Waals surface area contributed by atoms with Crippen LogP contribution in [-0.2, 0) is 19.4 Å². The largest absolute Gasteiger partial charge is 0.338 e. The quantitative estimate of drug-likeness (QED) is 0.894. The molecule has 0 radical (unpaired) electrons. The average Bonchev–Trinajstić information content (AvgIpc) is 3.06. The Morgan fingerprint density at radius 1 is 1.39 bits per heavy atom. The summed E-state index contributed by atoms with van der Waals surface area (Å²) >= 11 is 0. The van der Waals surface area contributed by atoms with E-state index in [1.807, 2.05) is 0 Å². The average molecular weight is 319 g/mol. The number of carbonyl (C=O) groups excluding carboxylic acids is 1. The Morgan fingerprint density at radius 2 is 2.22 bits per heavy atom. The topological polar surface area (TPSA) is 71.8 Å². The third-order valence-corrected chi connectivity index (χ3v) is 5.33. The number of amides is 2. The molecular formula is C17H29N5O. The van der Waals surface area contributed by atoms with Crippen LogP contribution >= 0.6 is 0 Å². The molecular weight excluding hydrogens is 290 g/mol. The highest BCUT2D eigenvalue weighted by Crippen LogP contribution is 2.38. The molecule has 6 heteroatoms. The van der Waals surface area contributed by atoms with Crippen molar-refractivity contribution >= 4 is 6.03 Å². The van der Waals surface area contributed by atoms with E-state index in [0.29, 0.717) is 23.9 Å². The van der Waals surface area contributed by atoms with Gasteiger partial charge in [-0.3, -0.25) is 0 Å². The molecule has 23 heavy (non-hydrogen) atoms. The van der Waals surface area contributed by atoms with Gasteiger partial charge in [0.15, 0.2) is 0 Å². The van der Waals surface area contributed by atoms with Crippen LogP contribution in [0.25, 0.3) is 0 Å². The van der Waals surface area contributed by atoms with Crippen LogP contribution in [-0.4, -0.2) is 33.4 Å². The Balaban J connectivity index is 1.41. The Bertz CT molecular complexity index is 565.